The number of rotatable bonds is 8. The molecule has 1 amide bonds. The van der Waals surface area contributed by atoms with E-state index in [4.69, 9.17) is 9.47 Å². The number of hydrogen-bond donors (Lipinski definition) is 3. The molecule has 1 aliphatic heterocycles. The van der Waals surface area contributed by atoms with Crippen molar-refractivity contribution in [2.24, 2.45) is 5.92 Å². The standard InChI is InChI=1S/C25H25N3O4/c29-14-19-2-1-9-26-24(19)18-6-7-21(27-12-16-3-4-16)20(11-18)25(30)28-13-17-5-8-22-23(10-17)32-15-31-22/h1-2,5-11,16,27,29H,3-4,12-15H2,(H,28,30). The second-order valence-electron chi connectivity index (χ2n) is 8.12. The zero-order valence-electron chi connectivity index (χ0n) is 17.6. The van der Waals surface area contributed by atoms with Crippen LogP contribution in [0.2, 0.25) is 0 Å². The number of nitrogens with zero attached hydrogens (tertiary/aromatic N) is 1. The fourth-order valence-corrected chi connectivity index (χ4v) is 3.76. The molecule has 32 heavy (non-hydrogen) atoms. The number of aliphatic hydroxyl groups excluding tert-OH is 1. The number of aromatic nitrogens is 1. The molecule has 7 nitrogen and oxygen atoms in total. The van der Waals surface area contributed by atoms with Gasteiger partial charge in [0, 0.05) is 36.1 Å². The van der Waals surface area contributed by atoms with Gasteiger partial charge in [-0.25, -0.2) is 0 Å². The Labute approximate surface area is 186 Å². The number of pyridine rings is 1. The van der Waals surface area contributed by atoms with Crippen molar-refractivity contribution in [3.63, 3.8) is 0 Å². The van der Waals surface area contributed by atoms with Crippen molar-refractivity contribution in [2.75, 3.05) is 18.7 Å². The van der Waals surface area contributed by atoms with Gasteiger partial charge >= 0.3 is 0 Å². The molecule has 0 bridgehead atoms. The molecule has 1 fully saturated rings. The molecule has 1 aliphatic carbocycles. The fourth-order valence-electron chi connectivity index (χ4n) is 3.76. The lowest BCUT2D eigenvalue weighted by Crippen LogP contribution is -2.24. The van der Waals surface area contributed by atoms with Crippen molar-refractivity contribution in [1.82, 2.24) is 10.3 Å². The number of hydrogen-bond acceptors (Lipinski definition) is 6. The maximum atomic E-state index is 13.2. The van der Waals surface area contributed by atoms with Gasteiger partial charge in [0.1, 0.15) is 0 Å². The molecule has 5 rings (SSSR count). The summed E-state index contributed by atoms with van der Waals surface area (Å²) in [5.74, 6) is 1.91. The van der Waals surface area contributed by atoms with Crippen LogP contribution in [-0.4, -0.2) is 29.3 Å². The average molecular weight is 431 g/mol. The molecule has 1 aromatic heterocycles. The molecule has 7 heteroatoms. The van der Waals surface area contributed by atoms with Crippen molar-refractivity contribution < 1.29 is 19.4 Å². The molecule has 3 aromatic rings. The van der Waals surface area contributed by atoms with Gasteiger partial charge in [-0.2, -0.15) is 0 Å². The minimum atomic E-state index is -0.177. The largest absolute Gasteiger partial charge is 0.454 e. The first-order valence-corrected chi connectivity index (χ1v) is 10.8. The van der Waals surface area contributed by atoms with E-state index < -0.39 is 0 Å². The number of amides is 1. The van der Waals surface area contributed by atoms with Crippen molar-refractivity contribution in [3.05, 3.63) is 71.4 Å². The Morgan fingerprint density at radius 3 is 2.81 bits per heavy atom. The predicted molar refractivity (Wildman–Crippen MR) is 121 cm³/mol. The number of aliphatic hydroxyl groups is 1. The average Bonchev–Trinajstić information content (AvgIpc) is 3.55. The summed E-state index contributed by atoms with van der Waals surface area (Å²) in [6.07, 6.45) is 4.14. The summed E-state index contributed by atoms with van der Waals surface area (Å²) >= 11 is 0. The predicted octanol–water partition coefficient (Wildman–Crippen LogP) is 3.72. The Bertz CT molecular complexity index is 1140. The number of fused-ring (bicyclic) bond motifs is 1. The molecule has 1 saturated carbocycles. The molecule has 0 atom stereocenters. The van der Waals surface area contributed by atoms with E-state index in [1.165, 1.54) is 12.8 Å². The quantitative estimate of drug-likeness (QED) is 0.503. The van der Waals surface area contributed by atoms with Crippen LogP contribution in [0.5, 0.6) is 11.5 Å². The van der Waals surface area contributed by atoms with E-state index in [-0.39, 0.29) is 19.3 Å². The number of benzene rings is 2. The molecule has 0 radical (unpaired) electrons. The van der Waals surface area contributed by atoms with E-state index in [2.05, 4.69) is 15.6 Å². The minimum Gasteiger partial charge on any atom is -0.454 e. The van der Waals surface area contributed by atoms with Crippen LogP contribution in [0.4, 0.5) is 5.69 Å². The van der Waals surface area contributed by atoms with Gasteiger partial charge in [0.25, 0.3) is 5.91 Å². The highest BCUT2D eigenvalue weighted by Gasteiger charge is 2.22. The lowest BCUT2D eigenvalue weighted by molar-refractivity contribution is 0.0951. The van der Waals surface area contributed by atoms with E-state index >= 15 is 0 Å². The monoisotopic (exact) mass is 431 g/mol. The molecule has 2 aliphatic rings. The summed E-state index contributed by atoms with van der Waals surface area (Å²) in [4.78, 5) is 17.6. The van der Waals surface area contributed by atoms with Gasteiger partial charge in [0.2, 0.25) is 6.79 Å². The normalized spacial score (nSPS) is 14.3. The highest BCUT2D eigenvalue weighted by Crippen LogP contribution is 2.33. The number of carbonyl (C=O) groups is 1. The highest BCUT2D eigenvalue weighted by atomic mass is 16.7. The van der Waals surface area contributed by atoms with Crippen LogP contribution < -0.4 is 20.1 Å². The Balaban J connectivity index is 1.39. The van der Waals surface area contributed by atoms with Crippen molar-refractivity contribution in [3.8, 4) is 22.8 Å². The van der Waals surface area contributed by atoms with Gasteiger partial charge in [-0.1, -0.05) is 18.2 Å². The van der Waals surface area contributed by atoms with Gasteiger partial charge in [0.05, 0.1) is 17.9 Å². The third-order valence-electron chi connectivity index (χ3n) is 5.77. The Kier molecular flexibility index (Phi) is 5.64. The Hall–Kier alpha value is -3.58. The van der Waals surface area contributed by atoms with Crippen molar-refractivity contribution >= 4 is 11.6 Å². The van der Waals surface area contributed by atoms with E-state index in [0.717, 1.165) is 34.7 Å². The summed E-state index contributed by atoms with van der Waals surface area (Å²) in [6, 6.07) is 15.0. The van der Waals surface area contributed by atoms with E-state index in [1.807, 2.05) is 42.5 Å². The van der Waals surface area contributed by atoms with E-state index in [9.17, 15) is 9.90 Å². The van der Waals surface area contributed by atoms with Crippen LogP contribution in [-0.2, 0) is 13.2 Å². The second kappa shape index (κ2) is 8.88. The first kappa shape index (κ1) is 20.3. The van der Waals surface area contributed by atoms with E-state index in [0.29, 0.717) is 29.5 Å². The lowest BCUT2D eigenvalue weighted by Gasteiger charge is -2.15. The summed E-state index contributed by atoms with van der Waals surface area (Å²) in [7, 11) is 0. The molecule has 2 heterocycles. The van der Waals surface area contributed by atoms with Crippen LogP contribution in [0.1, 0.15) is 34.3 Å². The fraction of sp³-hybridized carbons (Fsp3) is 0.280. The second-order valence-corrected chi connectivity index (χ2v) is 8.12. The third-order valence-corrected chi connectivity index (χ3v) is 5.77. The lowest BCUT2D eigenvalue weighted by atomic mass is 10.0. The smallest absolute Gasteiger partial charge is 0.253 e. The molecule has 0 saturated heterocycles. The molecular formula is C25H25N3O4. The number of anilines is 1. The van der Waals surface area contributed by atoms with Crippen LogP contribution in [0.25, 0.3) is 11.3 Å². The zero-order chi connectivity index (χ0) is 21.9. The third kappa shape index (κ3) is 4.38. The van der Waals surface area contributed by atoms with Crippen LogP contribution >= 0.6 is 0 Å². The molecule has 0 unspecified atom stereocenters. The maximum Gasteiger partial charge on any atom is 0.253 e. The Morgan fingerprint density at radius 1 is 1.09 bits per heavy atom. The van der Waals surface area contributed by atoms with Crippen LogP contribution in [0.3, 0.4) is 0 Å². The summed E-state index contributed by atoms with van der Waals surface area (Å²) in [6.45, 7) is 1.33. The Morgan fingerprint density at radius 2 is 1.97 bits per heavy atom. The van der Waals surface area contributed by atoms with Crippen LogP contribution in [0, 0.1) is 5.92 Å². The SMILES string of the molecule is O=C(NCc1ccc2c(c1)OCO2)c1cc(-c2ncccc2CO)ccc1NCC1CC1. The molecular weight excluding hydrogens is 406 g/mol. The first-order valence-electron chi connectivity index (χ1n) is 10.8. The number of carbonyl (C=O) groups excluding carboxylic acids is 1. The molecule has 0 spiro atoms. The van der Waals surface area contributed by atoms with Crippen molar-refractivity contribution in [1.29, 1.82) is 0 Å². The van der Waals surface area contributed by atoms with Gasteiger partial charge in [-0.3, -0.25) is 9.78 Å². The van der Waals surface area contributed by atoms with Gasteiger partial charge in [0.15, 0.2) is 11.5 Å². The first-order chi connectivity index (χ1) is 15.7. The van der Waals surface area contributed by atoms with Crippen molar-refractivity contribution in [2.45, 2.75) is 26.0 Å². The molecule has 3 N–H and O–H groups in total. The van der Waals surface area contributed by atoms with Crippen LogP contribution in [0.15, 0.2) is 54.7 Å². The zero-order valence-corrected chi connectivity index (χ0v) is 17.6. The van der Waals surface area contributed by atoms with Gasteiger partial charge < -0.3 is 25.2 Å². The minimum absolute atomic E-state index is 0.115. The molecule has 2 aromatic carbocycles. The number of ether oxygens (including phenoxy) is 2. The summed E-state index contributed by atoms with van der Waals surface area (Å²) in [5, 5.41) is 16.1. The highest BCUT2D eigenvalue weighted by molar-refractivity contribution is 6.01. The van der Waals surface area contributed by atoms with Gasteiger partial charge in [-0.05, 0) is 54.7 Å². The summed E-state index contributed by atoms with van der Waals surface area (Å²) in [5.41, 5.74) is 4.47. The topological polar surface area (TPSA) is 92.7 Å². The molecule has 164 valence electrons. The summed E-state index contributed by atoms with van der Waals surface area (Å²) < 4.78 is 10.8. The number of nitrogens with one attached hydrogen (secondary N) is 2. The van der Waals surface area contributed by atoms with E-state index in [1.54, 1.807) is 12.3 Å². The van der Waals surface area contributed by atoms with Gasteiger partial charge in [-0.15, -0.1) is 0 Å². The maximum absolute atomic E-state index is 13.2.